The summed E-state index contributed by atoms with van der Waals surface area (Å²) in [6.07, 6.45) is 4.69. The summed E-state index contributed by atoms with van der Waals surface area (Å²) < 4.78 is 2.02. The predicted octanol–water partition coefficient (Wildman–Crippen LogP) is 1.71. The molecule has 1 aromatic heterocycles. The Morgan fingerprint density at radius 2 is 1.82 bits per heavy atom. The van der Waals surface area contributed by atoms with Crippen molar-refractivity contribution in [2.75, 3.05) is 0 Å². The molecular formula is C8H15N3. The lowest BCUT2D eigenvalue weighted by molar-refractivity contribution is 0.294. The second kappa shape index (κ2) is 3.03. The van der Waals surface area contributed by atoms with Crippen LogP contribution in [0, 0.1) is 5.41 Å². The molecule has 0 aliphatic carbocycles. The summed E-state index contributed by atoms with van der Waals surface area (Å²) in [5.74, 6) is 0. The maximum atomic E-state index is 3.75. The maximum Gasteiger partial charge on any atom is 0.119 e. The van der Waals surface area contributed by atoms with Crippen LogP contribution in [0.1, 0.15) is 27.2 Å². The first-order valence-corrected chi connectivity index (χ1v) is 3.96. The smallest absolute Gasteiger partial charge is 0.119 e. The third-order valence-corrected chi connectivity index (χ3v) is 2.03. The van der Waals surface area contributed by atoms with Gasteiger partial charge in [0.05, 0.1) is 0 Å². The van der Waals surface area contributed by atoms with Gasteiger partial charge in [-0.15, -0.1) is 10.2 Å². The number of nitrogens with zero attached hydrogens (tertiary/aromatic N) is 3. The molecule has 1 aromatic rings. The fourth-order valence-corrected chi connectivity index (χ4v) is 0.910. The van der Waals surface area contributed by atoms with E-state index in [1.807, 2.05) is 4.57 Å². The normalized spacial score (nSPS) is 11.9. The molecule has 3 heteroatoms. The van der Waals surface area contributed by atoms with Crippen LogP contribution in [0.15, 0.2) is 12.7 Å². The summed E-state index contributed by atoms with van der Waals surface area (Å²) in [6.45, 7) is 7.68. The van der Waals surface area contributed by atoms with Gasteiger partial charge in [0.15, 0.2) is 0 Å². The minimum Gasteiger partial charge on any atom is -0.320 e. The Kier molecular flexibility index (Phi) is 2.27. The molecule has 0 atom stereocenters. The van der Waals surface area contributed by atoms with E-state index in [2.05, 4.69) is 31.0 Å². The van der Waals surface area contributed by atoms with Crippen LogP contribution in [-0.4, -0.2) is 14.8 Å². The van der Waals surface area contributed by atoms with Crippen LogP contribution in [-0.2, 0) is 6.54 Å². The van der Waals surface area contributed by atoms with Gasteiger partial charge in [-0.3, -0.25) is 0 Å². The van der Waals surface area contributed by atoms with Crippen LogP contribution in [0.25, 0.3) is 0 Å². The van der Waals surface area contributed by atoms with Crippen molar-refractivity contribution in [3.05, 3.63) is 12.7 Å². The molecule has 62 valence electrons. The molecule has 0 bridgehead atoms. The molecule has 0 radical (unpaired) electrons. The Morgan fingerprint density at radius 1 is 1.27 bits per heavy atom. The third kappa shape index (κ3) is 2.33. The molecule has 0 amide bonds. The van der Waals surface area contributed by atoms with Gasteiger partial charge < -0.3 is 4.57 Å². The van der Waals surface area contributed by atoms with Gasteiger partial charge in [-0.25, -0.2) is 0 Å². The lowest BCUT2D eigenvalue weighted by atomic mass is 9.90. The fraction of sp³-hybridized carbons (Fsp3) is 0.750. The topological polar surface area (TPSA) is 30.7 Å². The van der Waals surface area contributed by atoms with Crippen LogP contribution >= 0.6 is 0 Å². The molecule has 0 unspecified atom stereocenters. The van der Waals surface area contributed by atoms with Crippen molar-refractivity contribution in [2.45, 2.75) is 33.7 Å². The SMILES string of the molecule is CCC(C)(C)Cn1cnnc1. The average molecular weight is 153 g/mol. The van der Waals surface area contributed by atoms with Crippen molar-refractivity contribution in [1.29, 1.82) is 0 Å². The molecule has 0 saturated heterocycles. The van der Waals surface area contributed by atoms with Gasteiger partial charge >= 0.3 is 0 Å². The van der Waals surface area contributed by atoms with E-state index in [-0.39, 0.29) is 0 Å². The molecule has 1 rings (SSSR count). The largest absolute Gasteiger partial charge is 0.320 e. The van der Waals surface area contributed by atoms with Crippen LogP contribution < -0.4 is 0 Å². The Hall–Kier alpha value is -0.860. The first-order chi connectivity index (χ1) is 5.14. The number of aromatic nitrogens is 3. The lowest BCUT2D eigenvalue weighted by Crippen LogP contribution is -2.17. The standard InChI is InChI=1S/C8H15N3/c1-4-8(2,3)5-11-6-9-10-7-11/h6-7H,4-5H2,1-3H3. The van der Waals surface area contributed by atoms with E-state index in [1.165, 1.54) is 6.42 Å². The highest BCUT2D eigenvalue weighted by molar-refractivity contribution is 4.70. The van der Waals surface area contributed by atoms with E-state index < -0.39 is 0 Å². The minimum absolute atomic E-state index is 0.350. The monoisotopic (exact) mass is 153 g/mol. The van der Waals surface area contributed by atoms with Crippen molar-refractivity contribution in [3.63, 3.8) is 0 Å². The highest BCUT2D eigenvalue weighted by Crippen LogP contribution is 2.21. The zero-order valence-corrected chi connectivity index (χ0v) is 7.41. The third-order valence-electron chi connectivity index (χ3n) is 2.03. The molecule has 0 saturated carbocycles. The first kappa shape index (κ1) is 8.24. The Bertz CT molecular complexity index is 201. The van der Waals surface area contributed by atoms with E-state index in [9.17, 15) is 0 Å². The Labute approximate surface area is 67.4 Å². The van der Waals surface area contributed by atoms with Crippen LogP contribution in [0.3, 0.4) is 0 Å². The lowest BCUT2D eigenvalue weighted by Gasteiger charge is -2.22. The van der Waals surface area contributed by atoms with E-state index in [1.54, 1.807) is 12.7 Å². The summed E-state index contributed by atoms with van der Waals surface area (Å²) in [5, 5.41) is 7.51. The zero-order valence-electron chi connectivity index (χ0n) is 7.41. The van der Waals surface area contributed by atoms with Crippen molar-refractivity contribution in [2.24, 2.45) is 5.41 Å². The van der Waals surface area contributed by atoms with Gasteiger partial charge in [0.25, 0.3) is 0 Å². The predicted molar refractivity (Wildman–Crippen MR) is 44.1 cm³/mol. The average Bonchev–Trinajstić information content (AvgIpc) is 2.39. The van der Waals surface area contributed by atoms with Crippen molar-refractivity contribution >= 4 is 0 Å². The summed E-state index contributed by atoms with van der Waals surface area (Å²) in [5.41, 5.74) is 0.350. The number of hydrogen-bond acceptors (Lipinski definition) is 2. The highest BCUT2D eigenvalue weighted by atomic mass is 15.2. The van der Waals surface area contributed by atoms with Crippen molar-refractivity contribution in [3.8, 4) is 0 Å². The molecule has 0 aromatic carbocycles. The summed E-state index contributed by atoms with van der Waals surface area (Å²) in [4.78, 5) is 0. The number of rotatable bonds is 3. The summed E-state index contributed by atoms with van der Waals surface area (Å²) in [6, 6.07) is 0. The molecule has 0 aliphatic rings. The molecule has 0 N–H and O–H groups in total. The molecule has 0 aliphatic heterocycles. The van der Waals surface area contributed by atoms with Crippen molar-refractivity contribution in [1.82, 2.24) is 14.8 Å². The van der Waals surface area contributed by atoms with Crippen molar-refractivity contribution < 1.29 is 0 Å². The minimum atomic E-state index is 0.350. The van der Waals surface area contributed by atoms with Gasteiger partial charge in [-0.05, 0) is 11.8 Å². The second-order valence-electron chi connectivity index (χ2n) is 3.65. The maximum absolute atomic E-state index is 3.75. The van der Waals surface area contributed by atoms with Gasteiger partial charge in [0.2, 0.25) is 0 Å². The van der Waals surface area contributed by atoms with E-state index in [4.69, 9.17) is 0 Å². The van der Waals surface area contributed by atoms with Crippen LogP contribution in [0.5, 0.6) is 0 Å². The Morgan fingerprint density at radius 3 is 2.27 bits per heavy atom. The quantitative estimate of drug-likeness (QED) is 0.662. The van der Waals surface area contributed by atoms with E-state index in [0.717, 1.165) is 6.54 Å². The second-order valence-corrected chi connectivity index (χ2v) is 3.65. The number of hydrogen-bond donors (Lipinski definition) is 0. The summed E-state index contributed by atoms with van der Waals surface area (Å²) in [7, 11) is 0. The van der Waals surface area contributed by atoms with E-state index in [0.29, 0.717) is 5.41 Å². The van der Waals surface area contributed by atoms with Crippen LogP contribution in [0.2, 0.25) is 0 Å². The van der Waals surface area contributed by atoms with E-state index >= 15 is 0 Å². The zero-order chi connectivity index (χ0) is 8.32. The van der Waals surface area contributed by atoms with Gasteiger partial charge in [-0.2, -0.15) is 0 Å². The Balaban J connectivity index is 2.56. The molecule has 1 heterocycles. The highest BCUT2D eigenvalue weighted by Gasteiger charge is 2.14. The van der Waals surface area contributed by atoms with Gasteiger partial charge in [0.1, 0.15) is 12.7 Å². The summed E-state index contributed by atoms with van der Waals surface area (Å²) >= 11 is 0. The molecule has 0 fully saturated rings. The molecular weight excluding hydrogens is 138 g/mol. The van der Waals surface area contributed by atoms with Gasteiger partial charge in [0, 0.05) is 6.54 Å². The molecule has 0 spiro atoms. The first-order valence-electron chi connectivity index (χ1n) is 3.96. The fourth-order valence-electron chi connectivity index (χ4n) is 0.910. The molecule has 3 nitrogen and oxygen atoms in total. The molecule has 11 heavy (non-hydrogen) atoms. The van der Waals surface area contributed by atoms with Crippen LogP contribution in [0.4, 0.5) is 0 Å². The van der Waals surface area contributed by atoms with Gasteiger partial charge in [-0.1, -0.05) is 20.8 Å².